The van der Waals surface area contributed by atoms with Gasteiger partial charge in [0.15, 0.2) is 6.61 Å². The van der Waals surface area contributed by atoms with Crippen LogP contribution >= 0.6 is 0 Å². The van der Waals surface area contributed by atoms with Gasteiger partial charge in [-0.25, -0.2) is 4.98 Å². The van der Waals surface area contributed by atoms with Gasteiger partial charge in [-0.1, -0.05) is 45.0 Å². The van der Waals surface area contributed by atoms with Crippen molar-refractivity contribution in [1.82, 2.24) is 14.7 Å². The minimum atomic E-state index is -0.127. The first-order valence-corrected chi connectivity index (χ1v) is 8.85. The van der Waals surface area contributed by atoms with Gasteiger partial charge in [0.05, 0.1) is 5.69 Å². The van der Waals surface area contributed by atoms with Gasteiger partial charge in [0.25, 0.3) is 5.91 Å². The number of carbonyl (C=O) groups excluding carboxylic acids is 1. The predicted octanol–water partition coefficient (Wildman–Crippen LogP) is 3.37. The molecule has 0 fully saturated rings. The quantitative estimate of drug-likeness (QED) is 0.741. The van der Waals surface area contributed by atoms with E-state index in [0.29, 0.717) is 13.0 Å². The van der Waals surface area contributed by atoms with Gasteiger partial charge in [0.1, 0.15) is 11.4 Å². The van der Waals surface area contributed by atoms with Crippen LogP contribution in [0.15, 0.2) is 54.9 Å². The fourth-order valence-corrected chi connectivity index (χ4v) is 2.84. The second kappa shape index (κ2) is 7.60. The van der Waals surface area contributed by atoms with Crippen LogP contribution in [0.25, 0.3) is 5.65 Å². The molecule has 2 aromatic heterocycles. The lowest BCUT2D eigenvalue weighted by molar-refractivity contribution is -0.123. The molecule has 0 radical (unpaired) electrons. The van der Waals surface area contributed by atoms with Gasteiger partial charge in [-0.15, -0.1) is 0 Å². The summed E-state index contributed by atoms with van der Waals surface area (Å²) in [6.45, 7) is 6.93. The normalized spacial score (nSPS) is 11.5. The minimum absolute atomic E-state index is 0.0122. The zero-order chi connectivity index (χ0) is 18.6. The second-order valence-electron chi connectivity index (χ2n) is 7.33. The molecule has 26 heavy (non-hydrogen) atoms. The number of hydrogen-bond donors (Lipinski definition) is 1. The molecule has 0 bridgehead atoms. The standard InChI is InChI=1S/C21H25N3O2/c1-21(2,3)17-8-4-5-9-18(17)26-15-20(25)22-12-11-16-14-24-13-7-6-10-19(24)23-16/h4-10,13-14H,11-12,15H2,1-3H3,(H,22,25). The first-order chi connectivity index (χ1) is 12.4. The molecule has 0 unspecified atom stereocenters. The molecular weight excluding hydrogens is 326 g/mol. The SMILES string of the molecule is CC(C)(C)c1ccccc1OCC(=O)NCCc1cn2ccccc2n1. The molecule has 0 atom stereocenters. The van der Waals surface area contributed by atoms with Crippen molar-refractivity contribution in [2.45, 2.75) is 32.6 Å². The maximum absolute atomic E-state index is 12.1. The molecule has 1 amide bonds. The van der Waals surface area contributed by atoms with Gasteiger partial charge in [-0.05, 0) is 29.2 Å². The van der Waals surface area contributed by atoms with Gasteiger partial charge in [0.2, 0.25) is 0 Å². The van der Waals surface area contributed by atoms with E-state index in [4.69, 9.17) is 4.74 Å². The molecular formula is C21H25N3O2. The van der Waals surface area contributed by atoms with Gasteiger partial charge in [-0.2, -0.15) is 0 Å². The molecule has 2 heterocycles. The number of benzene rings is 1. The summed E-state index contributed by atoms with van der Waals surface area (Å²) in [6, 6.07) is 13.7. The summed E-state index contributed by atoms with van der Waals surface area (Å²) in [5, 5.41) is 2.89. The summed E-state index contributed by atoms with van der Waals surface area (Å²) in [6.07, 6.45) is 4.63. The fourth-order valence-electron chi connectivity index (χ4n) is 2.84. The molecule has 0 saturated carbocycles. The van der Waals surface area contributed by atoms with Crippen molar-refractivity contribution in [2.24, 2.45) is 0 Å². The van der Waals surface area contributed by atoms with Crippen LogP contribution in [0.1, 0.15) is 32.0 Å². The summed E-state index contributed by atoms with van der Waals surface area (Å²) < 4.78 is 7.72. The number of carbonyl (C=O) groups is 1. The molecule has 5 nitrogen and oxygen atoms in total. The van der Waals surface area contributed by atoms with Crippen LogP contribution in [0.4, 0.5) is 0 Å². The number of rotatable bonds is 6. The van der Waals surface area contributed by atoms with E-state index < -0.39 is 0 Å². The molecule has 136 valence electrons. The summed E-state index contributed by atoms with van der Waals surface area (Å²) in [5.41, 5.74) is 2.93. The summed E-state index contributed by atoms with van der Waals surface area (Å²) in [5.74, 6) is 0.632. The smallest absolute Gasteiger partial charge is 0.257 e. The Morgan fingerprint density at radius 3 is 2.69 bits per heavy atom. The van der Waals surface area contributed by atoms with E-state index in [1.807, 2.05) is 59.3 Å². The van der Waals surface area contributed by atoms with Crippen LogP contribution < -0.4 is 10.1 Å². The number of fused-ring (bicyclic) bond motifs is 1. The Labute approximate surface area is 154 Å². The number of hydrogen-bond acceptors (Lipinski definition) is 3. The van der Waals surface area contributed by atoms with Crippen LogP contribution in [-0.4, -0.2) is 28.4 Å². The number of imidazole rings is 1. The minimum Gasteiger partial charge on any atom is -0.483 e. The van der Waals surface area contributed by atoms with Crippen molar-refractivity contribution >= 4 is 11.6 Å². The molecule has 0 aliphatic rings. The van der Waals surface area contributed by atoms with Crippen molar-refractivity contribution in [1.29, 1.82) is 0 Å². The van der Waals surface area contributed by atoms with E-state index in [2.05, 4.69) is 31.1 Å². The number of nitrogens with one attached hydrogen (secondary N) is 1. The third-order valence-electron chi connectivity index (χ3n) is 4.17. The summed E-state index contributed by atoms with van der Waals surface area (Å²) >= 11 is 0. The Morgan fingerprint density at radius 2 is 1.92 bits per heavy atom. The van der Waals surface area contributed by atoms with E-state index >= 15 is 0 Å². The monoisotopic (exact) mass is 351 g/mol. The maximum atomic E-state index is 12.1. The number of para-hydroxylation sites is 1. The van der Waals surface area contributed by atoms with Gasteiger partial charge < -0.3 is 14.5 Å². The van der Waals surface area contributed by atoms with Crippen LogP contribution in [0.2, 0.25) is 0 Å². The average Bonchev–Trinajstić information content (AvgIpc) is 3.02. The lowest BCUT2D eigenvalue weighted by Gasteiger charge is -2.22. The largest absolute Gasteiger partial charge is 0.483 e. The molecule has 1 N–H and O–H groups in total. The lowest BCUT2D eigenvalue weighted by atomic mass is 9.86. The number of aromatic nitrogens is 2. The van der Waals surface area contributed by atoms with E-state index in [0.717, 1.165) is 22.7 Å². The van der Waals surface area contributed by atoms with Crippen molar-refractivity contribution in [3.63, 3.8) is 0 Å². The molecule has 0 aliphatic heterocycles. The van der Waals surface area contributed by atoms with E-state index in [1.165, 1.54) is 0 Å². The van der Waals surface area contributed by atoms with Crippen molar-refractivity contribution in [3.8, 4) is 5.75 Å². The maximum Gasteiger partial charge on any atom is 0.257 e. The third kappa shape index (κ3) is 4.42. The zero-order valence-electron chi connectivity index (χ0n) is 15.5. The number of nitrogens with zero attached hydrogens (tertiary/aromatic N) is 2. The summed E-state index contributed by atoms with van der Waals surface area (Å²) in [4.78, 5) is 16.6. The molecule has 0 aliphatic carbocycles. The lowest BCUT2D eigenvalue weighted by Crippen LogP contribution is -2.31. The first kappa shape index (κ1) is 18.0. The Balaban J connectivity index is 1.49. The average molecular weight is 351 g/mol. The molecule has 5 heteroatoms. The third-order valence-corrected chi connectivity index (χ3v) is 4.17. The van der Waals surface area contributed by atoms with E-state index in [1.54, 1.807) is 0 Å². The Morgan fingerprint density at radius 1 is 1.15 bits per heavy atom. The Kier molecular flexibility index (Phi) is 5.26. The van der Waals surface area contributed by atoms with Crippen LogP contribution in [0, 0.1) is 0 Å². The van der Waals surface area contributed by atoms with Crippen molar-refractivity contribution in [2.75, 3.05) is 13.2 Å². The molecule has 1 aromatic carbocycles. The van der Waals surface area contributed by atoms with Crippen LogP contribution in [0.5, 0.6) is 5.75 Å². The topological polar surface area (TPSA) is 55.6 Å². The van der Waals surface area contributed by atoms with Crippen molar-refractivity contribution < 1.29 is 9.53 Å². The zero-order valence-corrected chi connectivity index (χ0v) is 15.5. The van der Waals surface area contributed by atoms with E-state index in [-0.39, 0.29) is 17.9 Å². The molecule has 3 rings (SSSR count). The summed E-state index contributed by atoms with van der Waals surface area (Å²) in [7, 11) is 0. The van der Waals surface area contributed by atoms with Crippen molar-refractivity contribution in [3.05, 3.63) is 66.1 Å². The second-order valence-corrected chi connectivity index (χ2v) is 7.33. The predicted molar refractivity (Wildman–Crippen MR) is 103 cm³/mol. The highest BCUT2D eigenvalue weighted by atomic mass is 16.5. The van der Waals surface area contributed by atoms with E-state index in [9.17, 15) is 4.79 Å². The van der Waals surface area contributed by atoms with Gasteiger partial charge in [-0.3, -0.25) is 4.79 Å². The molecule has 0 saturated heterocycles. The number of pyridine rings is 1. The number of amides is 1. The Hall–Kier alpha value is -2.82. The van der Waals surface area contributed by atoms with Gasteiger partial charge in [0, 0.05) is 25.4 Å². The van der Waals surface area contributed by atoms with Gasteiger partial charge >= 0.3 is 0 Å². The first-order valence-electron chi connectivity index (χ1n) is 8.85. The molecule has 0 spiro atoms. The Bertz CT molecular complexity index is 860. The highest BCUT2D eigenvalue weighted by Crippen LogP contribution is 2.30. The van der Waals surface area contributed by atoms with Crippen LogP contribution in [-0.2, 0) is 16.6 Å². The fraction of sp³-hybridized carbons (Fsp3) is 0.333. The highest BCUT2D eigenvalue weighted by molar-refractivity contribution is 5.77. The van der Waals surface area contributed by atoms with Crippen LogP contribution in [0.3, 0.4) is 0 Å². The highest BCUT2D eigenvalue weighted by Gasteiger charge is 2.18. The molecule has 3 aromatic rings. The number of ether oxygens (including phenoxy) is 1.